The predicted molar refractivity (Wildman–Crippen MR) is 190 cm³/mol. The summed E-state index contributed by atoms with van der Waals surface area (Å²) in [4.78, 5) is 69.4. The van der Waals surface area contributed by atoms with E-state index in [1.54, 1.807) is 20.8 Å². The molecule has 0 aromatic heterocycles. The van der Waals surface area contributed by atoms with Crippen molar-refractivity contribution in [1.29, 1.82) is 0 Å². The maximum absolute atomic E-state index is 14.4. The summed E-state index contributed by atoms with van der Waals surface area (Å²) >= 11 is 0. The Kier molecular flexibility index (Phi) is 12.5. The molecule has 5 amide bonds. The molecule has 4 N–H and O–H groups in total. The minimum Gasteiger partial charge on any atom is -0.346 e. The fourth-order valence-corrected chi connectivity index (χ4v) is 9.02. The van der Waals surface area contributed by atoms with Gasteiger partial charge in [0, 0.05) is 13.1 Å². The van der Waals surface area contributed by atoms with E-state index < -0.39 is 73.2 Å². The Labute approximate surface area is 293 Å². The van der Waals surface area contributed by atoms with Crippen molar-refractivity contribution < 1.29 is 32.4 Å². The van der Waals surface area contributed by atoms with Gasteiger partial charge in [0.15, 0.2) is 9.84 Å². The van der Waals surface area contributed by atoms with E-state index in [-0.39, 0.29) is 36.0 Å². The molecule has 1 saturated heterocycles. The Bertz CT molecular complexity index is 1390. The molecular formula is C36H61N5O7S. The molecule has 3 aliphatic rings. The number of urea groups is 1. The van der Waals surface area contributed by atoms with Gasteiger partial charge in [-0.1, -0.05) is 79.7 Å². The summed E-state index contributed by atoms with van der Waals surface area (Å²) < 4.78 is 25.6. The molecule has 5 atom stereocenters. The quantitative estimate of drug-likeness (QED) is 0.158. The lowest BCUT2D eigenvalue weighted by molar-refractivity contribution is -0.145. The van der Waals surface area contributed by atoms with Crippen LogP contribution in [0.3, 0.4) is 0 Å². The number of carbonyl (C=O) groups is 5. The maximum Gasteiger partial charge on any atom is 0.315 e. The number of unbranched alkanes of at least 4 members (excludes halogenated alkanes) is 1. The normalized spacial score (nSPS) is 24.1. The van der Waals surface area contributed by atoms with E-state index in [0.717, 1.165) is 25.7 Å². The van der Waals surface area contributed by atoms with E-state index in [4.69, 9.17) is 0 Å². The monoisotopic (exact) mass is 707 g/mol. The van der Waals surface area contributed by atoms with Crippen LogP contribution in [0, 0.1) is 22.7 Å². The molecule has 0 aromatic rings. The molecule has 0 aromatic carbocycles. The van der Waals surface area contributed by atoms with Crippen molar-refractivity contribution in [3.05, 3.63) is 12.7 Å². The predicted octanol–water partition coefficient (Wildman–Crippen LogP) is 3.65. The second kappa shape index (κ2) is 15.1. The molecule has 0 spiro atoms. The first-order valence-corrected chi connectivity index (χ1v) is 19.5. The number of hydrogen-bond acceptors (Lipinski definition) is 7. The van der Waals surface area contributed by atoms with Gasteiger partial charge in [0.05, 0.1) is 22.1 Å². The summed E-state index contributed by atoms with van der Waals surface area (Å²) in [5.41, 5.74) is -1.94. The molecule has 12 nitrogen and oxygen atoms in total. The van der Waals surface area contributed by atoms with Crippen LogP contribution < -0.4 is 21.3 Å². The molecule has 1 aliphatic heterocycles. The third-order valence-corrected chi connectivity index (χ3v) is 13.6. The van der Waals surface area contributed by atoms with Crippen molar-refractivity contribution in [2.24, 2.45) is 22.7 Å². The highest BCUT2D eigenvalue weighted by Gasteiger charge is 2.70. The standard InChI is InChI=1S/C36H61N5O7S/c1-11-13-17-24(27(42)30(44)37-20-12-2)38-29(43)26-25-23(35(25,9)10)21-41(26)31(45)28(33(3,4)5)39-32(46)40-36(18-15-14-16-19-36)22-49(47,48)34(6,7)8/h12,23-26,28H,2,11,13-22H2,1,3-10H3,(H,37,44)(H,38,43)(H2,39,40,46)/t23?,24?,25?,26-,28+/m0/s1. The number of ketones is 1. The highest BCUT2D eigenvalue weighted by molar-refractivity contribution is 7.92. The molecular weight excluding hydrogens is 646 g/mol. The van der Waals surface area contributed by atoms with Gasteiger partial charge >= 0.3 is 6.03 Å². The number of piperidine rings is 1. The number of nitrogens with zero attached hydrogens (tertiary/aromatic N) is 1. The second-order valence-corrected chi connectivity index (χ2v) is 19.8. The maximum atomic E-state index is 14.4. The summed E-state index contributed by atoms with van der Waals surface area (Å²) in [6.07, 6.45) is 6.64. The molecule has 49 heavy (non-hydrogen) atoms. The molecule has 3 fully saturated rings. The second-order valence-electron chi connectivity index (χ2n) is 17.1. The van der Waals surface area contributed by atoms with Gasteiger partial charge in [0.2, 0.25) is 17.6 Å². The summed E-state index contributed by atoms with van der Waals surface area (Å²) in [6.45, 7) is 20.5. The molecule has 3 unspecified atom stereocenters. The van der Waals surface area contributed by atoms with Gasteiger partial charge < -0.3 is 26.2 Å². The highest BCUT2D eigenvalue weighted by Crippen LogP contribution is 2.65. The molecule has 1 heterocycles. The fraction of sp³-hybridized carbons (Fsp3) is 0.806. The number of sulfone groups is 1. The Balaban J connectivity index is 1.86. The molecule has 0 radical (unpaired) electrons. The van der Waals surface area contributed by atoms with Gasteiger partial charge in [-0.25, -0.2) is 13.2 Å². The Morgan fingerprint density at radius 1 is 0.980 bits per heavy atom. The number of rotatable bonds is 14. The topological polar surface area (TPSA) is 171 Å². The SMILES string of the molecule is C=CCNC(=O)C(=O)C(CCCC)NC(=O)[C@@H]1C2C(CN1C(=O)[C@@H](NC(=O)NC1(CS(=O)(=O)C(C)(C)C)CCCCC1)C(C)(C)C)C2(C)C. The van der Waals surface area contributed by atoms with Crippen LogP contribution in [-0.4, -0.2) is 90.1 Å². The summed E-state index contributed by atoms with van der Waals surface area (Å²) in [6, 6.07) is -3.60. The van der Waals surface area contributed by atoms with E-state index in [1.807, 2.05) is 27.7 Å². The first kappa shape index (κ1) is 40.5. The zero-order valence-electron chi connectivity index (χ0n) is 31.2. The number of nitrogens with one attached hydrogen (secondary N) is 4. The molecule has 278 valence electrons. The average molecular weight is 708 g/mol. The van der Waals surface area contributed by atoms with E-state index >= 15 is 0 Å². The fourth-order valence-electron chi connectivity index (χ4n) is 7.49. The summed E-state index contributed by atoms with van der Waals surface area (Å²) in [5.74, 6) is -2.78. The van der Waals surface area contributed by atoms with Crippen LogP contribution in [0.4, 0.5) is 4.79 Å². The minimum absolute atomic E-state index is 0.0513. The number of fused-ring (bicyclic) bond motifs is 1. The molecule has 2 aliphatic carbocycles. The zero-order valence-corrected chi connectivity index (χ0v) is 32.0. The third-order valence-electron chi connectivity index (χ3n) is 10.8. The van der Waals surface area contributed by atoms with Crippen molar-refractivity contribution in [1.82, 2.24) is 26.2 Å². The number of likely N-dealkylation sites (tertiary alicyclic amines) is 1. The smallest absolute Gasteiger partial charge is 0.315 e. The molecule has 3 rings (SSSR count). The van der Waals surface area contributed by atoms with Crippen LogP contribution in [0.25, 0.3) is 0 Å². The highest BCUT2D eigenvalue weighted by atomic mass is 32.2. The van der Waals surface area contributed by atoms with Gasteiger partial charge in [-0.05, 0) is 62.7 Å². The van der Waals surface area contributed by atoms with Crippen molar-refractivity contribution in [2.75, 3.05) is 18.8 Å². The van der Waals surface area contributed by atoms with Gasteiger partial charge in [0.1, 0.15) is 12.1 Å². The van der Waals surface area contributed by atoms with E-state index in [2.05, 4.69) is 41.7 Å². The molecule has 13 heteroatoms. The van der Waals surface area contributed by atoms with Crippen molar-refractivity contribution in [2.45, 2.75) is 142 Å². The Morgan fingerprint density at radius 3 is 2.12 bits per heavy atom. The van der Waals surface area contributed by atoms with E-state index in [9.17, 15) is 32.4 Å². The van der Waals surface area contributed by atoms with Crippen molar-refractivity contribution >= 4 is 39.4 Å². The number of amides is 5. The van der Waals surface area contributed by atoms with Crippen LogP contribution in [-0.2, 0) is 29.0 Å². The first-order valence-electron chi connectivity index (χ1n) is 17.9. The van der Waals surface area contributed by atoms with E-state index in [1.165, 1.54) is 11.0 Å². The largest absolute Gasteiger partial charge is 0.346 e. The molecule has 0 bridgehead atoms. The Hall–Kier alpha value is -2.96. The first-order chi connectivity index (χ1) is 22.5. The lowest BCUT2D eigenvalue weighted by atomic mass is 9.83. The number of hydrogen-bond donors (Lipinski definition) is 4. The Morgan fingerprint density at radius 2 is 1.59 bits per heavy atom. The van der Waals surface area contributed by atoms with Gasteiger partial charge in [-0.2, -0.15) is 0 Å². The summed E-state index contributed by atoms with van der Waals surface area (Å²) in [5, 5.41) is 11.2. The van der Waals surface area contributed by atoms with Crippen LogP contribution in [0.1, 0.15) is 114 Å². The minimum atomic E-state index is -3.56. The lowest BCUT2D eigenvalue weighted by Crippen LogP contribution is -2.64. The summed E-state index contributed by atoms with van der Waals surface area (Å²) in [7, 11) is -3.56. The third kappa shape index (κ3) is 9.24. The van der Waals surface area contributed by atoms with Crippen molar-refractivity contribution in [3.63, 3.8) is 0 Å². The molecule has 2 saturated carbocycles. The zero-order chi connectivity index (χ0) is 37.2. The average Bonchev–Trinajstić information content (AvgIpc) is 3.30. The lowest BCUT2D eigenvalue weighted by Gasteiger charge is -2.41. The van der Waals surface area contributed by atoms with Crippen molar-refractivity contribution in [3.8, 4) is 0 Å². The van der Waals surface area contributed by atoms with Crippen LogP contribution >= 0.6 is 0 Å². The van der Waals surface area contributed by atoms with E-state index in [0.29, 0.717) is 25.8 Å². The van der Waals surface area contributed by atoms with Crippen LogP contribution in [0.15, 0.2) is 12.7 Å². The van der Waals surface area contributed by atoms with Crippen LogP contribution in [0.2, 0.25) is 0 Å². The van der Waals surface area contributed by atoms with Gasteiger partial charge in [-0.15, -0.1) is 6.58 Å². The van der Waals surface area contributed by atoms with Gasteiger partial charge in [-0.3, -0.25) is 19.2 Å². The number of carbonyl (C=O) groups excluding carboxylic acids is 5. The van der Waals surface area contributed by atoms with Crippen LogP contribution in [0.5, 0.6) is 0 Å². The number of Topliss-reactive ketones (excluding diaryl/α,β-unsaturated/α-hetero) is 1. The van der Waals surface area contributed by atoms with Gasteiger partial charge in [0.25, 0.3) is 5.91 Å².